The van der Waals surface area contributed by atoms with E-state index < -0.39 is 5.60 Å². The normalized spacial score (nSPS) is 25.8. The largest absolute Gasteiger partial charge is 0.389 e. The van der Waals surface area contributed by atoms with E-state index in [4.69, 9.17) is 0 Å². The number of aromatic nitrogens is 2. The molecule has 1 aromatic heterocycles. The van der Waals surface area contributed by atoms with Crippen molar-refractivity contribution in [3.05, 3.63) is 18.0 Å². The third kappa shape index (κ3) is 3.28. The van der Waals surface area contributed by atoms with Gasteiger partial charge in [-0.1, -0.05) is 19.3 Å². The standard InChI is InChI=1S/C16H25N3O2/c20-15(10-16(21)7-3-1-4-8-16)19-9-5-2-6-14(19)13-11-17-18-12-13/h11-12,14,21H,1-10H2,(H,17,18). The fourth-order valence-electron chi connectivity index (χ4n) is 3.79. The predicted molar refractivity (Wildman–Crippen MR) is 79.5 cm³/mol. The van der Waals surface area contributed by atoms with Gasteiger partial charge in [0.2, 0.25) is 5.91 Å². The van der Waals surface area contributed by atoms with E-state index in [-0.39, 0.29) is 18.4 Å². The number of piperidine rings is 1. The molecule has 1 unspecified atom stereocenters. The number of likely N-dealkylation sites (tertiary alicyclic amines) is 1. The van der Waals surface area contributed by atoms with Crippen LogP contribution in [0.5, 0.6) is 0 Å². The molecule has 2 fully saturated rings. The van der Waals surface area contributed by atoms with Crippen molar-refractivity contribution in [1.82, 2.24) is 15.1 Å². The van der Waals surface area contributed by atoms with Crippen LogP contribution in [0.25, 0.3) is 0 Å². The number of nitrogens with zero attached hydrogens (tertiary/aromatic N) is 2. The first-order valence-electron chi connectivity index (χ1n) is 8.18. The zero-order valence-corrected chi connectivity index (χ0v) is 12.6. The van der Waals surface area contributed by atoms with Crippen molar-refractivity contribution < 1.29 is 9.90 Å². The van der Waals surface area contributed by atoms with E-state index in [1.54, 1.807) is 0 Å². The lowest BCUT2D eigenvalue weighted by molar-refractivity contribution is -0.141. The van der Waals surface area contributed by atoms with Crippen molar-refractivity contribution in [2.75, 3.05) is 6.54 Å². The number of H-pyrrole nitrogens is 1. The van der Waals surface area contributed by atoms with Crippen LogP contribution in [0.1, 0.15) is 69.4 Å². The van der Waals surface area contributed by atoms with Gasteiger partial charge >= 0.3 is 0 Å². The molecule has 0 radical (unpaired) electrons. The first-order valence-corrected chi connectivity index (χ1v) is 8.18. The lowest BCUT2D eigenvalue weighted by Gasteiger charge is -2.39. The Kier molecular flexibility index (Phi) is 4.29. The van der Waals surface area contributed by atoms with Crippen molar-refractivity contribution in [3.63, 3.8) is 0 Å². The average molecular weight is 291 g/mol. The minimum atomic E-state index is -0.770. The van der Waals surface area contributed by atoms with Crippen molar-refractivity contribution in [2.45, 2.75) is 69.4 Å². The number of hydrogen-bond donors (Lipinski definition) is 2. The maximum Gasteiger partial charge on any atom is 0.225 e. The van der Waals surface area contributed by atoms with E-state index in [2.05, 4.69) is 10.2 Å². The average Bonchev–Trinajstić information content (AvgIpc) is 3.01. The third-order valence-electron chi connectivity index (χ3n) is 4.99. The van der Waals surface area contributed by atoms with E-state index >= 15 is 0 Å². The first-order chi connectivity index (χ1) is 10.2. The number of nitrogens with one attached hydrogen (secondary N) is 1. The second kappa shape index (κ2) is 6.18. The van der Waals surface area contributed by atoms with Crippen LogP contribution in [-0.4, -0.2) is 38.3 Å². The molecule has 1 aliphatic heterocycles. The minimum Gasteiger partial charge on any atom is -0.389 e. The topological polar surface area (TPSA) is 69.2 Å². The molecule has 2 aliphatic rings. The number of aliphatic hydroxyl groups is 1. The van der Waals surface area contributed by atoms with Crippen LogP contribution in [0.3, 0.4) is 0 Å². The number of carbonyl (C=O) groups excluding carboxylic acids is 1. The first kappa shape index (κ1) is 14.6. The summed E-state index contributed by atoms with van der Waals surface area (Å²) in [5, 5.41) is 17.5. The molecule has 1 amide bonds. The summed E-state index contributed by atoms with van der Waals surface area (Å²) in [6.07, 6.45) is 11.9. The van der Waals surface area contributed by atoms with Crippen LogP contribution in [0.2, 0.25) is 0 Å². The Morgan fingerprint density at radius 3 is 2.86 bits per heavy atom. The number of aromatic amines is 1. The van der Waals surface area contributed by atoms with Gasteiger partial charge in [-0.15, -0.1) is 0 Å². The molecule has 1 saturated carbocycles. The Hall–Kier alpha value is -1.36. The molecule has 5 heteroatoms. The Bertz CT molecular complexity index is 466. The van der Waals surface area contributed by atoms with Crippen LogP contribution >= 0.6 is 0 Å². The maximum atomic E-state index is 12.7. The van der Waals surface area contributed by atoms with Gasteiger partial charge in [0.1, 0.15) is 0 Å². The Balaban J connectivity index is 1.69. The number of amides is 1. The molecular weight excluding hydrogens is 266 g/mol. The molecule has 2 N–H and O–H groups in total. The molecule has 1 saturated heterocycles. The van der Waals surface area contributed by atoms with E-state index in [1.165, 1.54) is 6.42 Å². The summed E-state index contributed by atoms with van der Waals surface area (Å²) in [7, 11) is 0. The second-order valence-corrected chi connectivity index (χ2v) is 6.59. The van der Waals surface area contributed by atoms with Gasteiger partial charge < -0.3 is 10.0 Å². The highest BCUT2D eigenvalue weighted by Crippen LogP contribution is 2.35. The SMILES string of the molecule is O=C(CC1(O)CCCCC1)N1CCCCC1c1cn[nH]c1. The van der Waals surface area contributed by atoms with Crippen LogP contribution in [0, 0.1) is 0 Å². The van der Waals surface area contributed by atoms with Crippen LogP contribution in [0.15, 0.2) is 12.4 Å². The molecule has 1 aliphatic carbocycles. The molecule has 1 atom stereocenters. The van der Waals surface area contributed by atoms with Crippen molar-refractivity contribution in [1.29, 1.82) is 0 Å². The highest BCUT2D eigenvalue weighted by Gasteiger charge is 2.36. The summed E-state index contributed by atoms with van der Waals surface area (Å²) in [6, 6.07) is 0.122. The predicted octanol–water partition coefficient (Wildman–Crippen LogP) is 2.55. The van der Waals surface area contributed by atoms with Crippen LogP contribution in [0.4, 0.5) is 0 Å². The van der Waals surface area contributed by atoms with E-state index in [9.17, 15) is 9.90 Å². The zero-order valence-electron chi connectivity index (χ0n) is 12.6. The fourth-order valence-corrected chi connectivity index (χ4v) is 3.79. The summed E-state index contributed by atoms with van der Waals surface area (Å²) >= 11 is 0. The lowest BCUT2D eigenvalue weighted by atomic mass is 9.82. The molecule has 3 rings (SSSR count). The molecule has 21 heavy (non-hydrogen) atoms. The molecule has 5 nitrogen and oxygen atoms in total. The number of rotatable bonds is 3. The van der Waals surface area contributed by atoms with Gasteiger partial charge in [-0.2, -0.15) is 5.10 Å². The van der Waals surface area contributed by atoms with Gasteiger partial charge in [0.05, 0.1) is 24.3 Å². The van der Waals surface area contributed by atoms with Gasteiger partial charge in [-0.05, 0) is 32.1 Å². The molecular formula is C16H25N3O2. The van der Waals surface area contributed by atoms with Crippen LogP contribution < -0.4 is 0 Å². The molecule has 116 valence electrons. The highest BCUT2D eigenvalue weighted by atomic mass is 16.3. The van der Waals surface area contributed by atoms with E-state index in [0.717, 1.165) is 57.1 Å². The van der Waals surface area contributed by atoms with Gasteiger partial charge in [-0.3, -0.25) is 9.89 Å². The minimum absolute atomic E-state index is 0.102. The van der Waals surface area contributed by atoms with E-state index in [1.807, 2.05) is 17.3 Å². The summed E-state index contributed by atoms with van der Waals surface area (Å²) < 4.78 is 0. The summed E-state index contributed by atoms with van der Waals surface area (Å²) in [5.41, 5.74) is 0.312. The zero-order chi connectivity index (χ0) is 14.7. The summed E-state index contributed by atoms with van der Waals surface area (Å²) in [5.74, 6) is 0.102. The summed E-state index contributed by atoms with van der Waals surface area (Å²) in [4.78, 5) is 14.7. The molecule has 0 spiro atoms. The van der Waals surface area contributed by atoms with Gasteiger partial charge in [-0.25, -0.2) is 0 Å². The number of carbonyl (C=O) groups is 1. The van der Waals surface area contributed by atoms with Gasteiger partial charge in [0.25, 0.3) is 0 Å². The Morgan fingerprint density at radius 1 is 1.33 bits per heavy atom. The smallest absolute Gasteiger partial charge is 0.225 e. The van der Waals surface area contributed by atoms with Crippen LogP contribution in [-0.2, 0) is 4.79 Å². The monoisotopic (exact) mass is 291 g/mol. The Morgan fingerprint density at radius 2 is 2.14 bits per heavy atom. The van der Waals surface area contributed by atoms with Gasteiger partial charge in [0.15, 0.2) is 0 Å². The fraction of sp³-hybridized carbons (Fsp3) is 0.750. The molecule has 2 heterocycles. The molecule has 0 aromatic carbocycles. The quantitative estimate of drug-likeness (QED) is 0.899. The van der Waals surface area contributed by atoms with Crippen molar-refractivity contribution in [2.24, 2.45) is 0 Å². The maximum absolute atomic E-state index is 12.7. The van der Waals surface area contributed by atoms with E-state index in [0.29, 0.717) is 0 Å². The van der Waals surface area contributed by atoms with Crippen molar-refractivity contribution >= 4 is 5.91 Å². The van der Waals surface area contributed by atoms with Crippen molar-refractivity contribution in [3.8, 4) is 0 Å². The number of hydrogen-bond acceptors (Lipinski definition) is 3. The second-order valence-electron chi connectivity index (χ2n) is 6.59. The lowest BCUT2D eigenvalue weighted by Crippen LogP contribution is -2.43. The highest BCUT2D eigenvalue weighted by molar-refractivity contribution is 5.78. The Labute approximate surface area is 125 Å². The third-order valence-corrected chi connectivity index (χ3v) is 4.99. The summed E-state index contributed by atoms with van der Waals surface area (Å²) in [6.45, 7) is 0.796. The van der Waals surface area contributed by atoms with Gasteiger partial charge in [0, 0.05) is 18.3 Å². The molecule has 0 bridgehead atoms. The molecule has 1 aromatic rings.